The van der Waals surface area contributed by atoms with Gasteiger partial charge in [0.2, 0.25) is 5.91 Å². The zero-order valence-electron chi connectivity index (χ0n) is 32.2. The molecule has 288 valence electrons. The molecule has 3 saturated heterocycles. The van der Waals surface area contributed by atoms with Crippen LogP contribution < -0.4 is 15.1 Å². The van der Waals surface area contributed by atoms with Crippen molar-refractivity contribution in [3.63, 3.8) is 0 Å². The van der Waals surface area contributed by atoms with E-state index in [-0.39, 0.29) is 17.7 Å². The van der Waals surface area contributed by atoms with Gasteiger partial charge in [0.1, 0.15) is 17.6 Å². The molecule has 2 N–H and O–H groups in total. The highest BCUT2D eigenvalue weighted by Crippen LogP contribution is 2.52. The van der Waals surface area contributed by atoms with Gasteiger partial charge in [-0.25, -0.2) is 4.98 Å². The number of nitrogens with zero attached hydrogens (tertiary/aromatic N) is 5. The summed E-state index contributed by atoms with van der Waals surface area (Å²) in [6, 6.07) is 30.5. The number of benzene rings is 3. The lowest BCUT2D eigenvalue weighted by atomic mass is 9.60. The highest BCUT2D eigenvalue weighted by Gasteiger charge is 2.48. The van der Waals surface area contributed by atoms with E-state index < -0.39 is 6.04 Å². The van der Waals surface area contributed by atoms with E-state index in [1.54, 1.807) is 4.90 Å². The molecule has 9 nitrogen and oxygen atoms in total. The normalized spacial score (nSPS) is 25.2. The van der Waals surface area contributed by atoms with Gasteiger partial charge in [0.05, 0.1) is 17.8 Å². The van der Waals surface area contributed by atoms with Crippen LogP contribution in [0.25, 0.3) is 0 Å². The summed E-state index contributed by atoms with van der Waals surface area (Å²) in [5, 5.41) is 13.1. The Hall–Kier alpha value is -5.15. The Kier molecular flexibility index (Phi) is 8.88. The number of anilines is 2. The average molecular weight is 749 g/mol. The molecule has 1 aromatic heterocycles. The van der Waals surface area contributed by atoms with Gasteiger partial charge in [-0.05, 0) is 121 Å². The van der Waals surface area contributed by atoms with Crippen molar-refractivity contribution in [2.45, 2.75) is 81.8 Å². The van der Waals surface area contributed by atoms with Crippen molar-refractivity contribution >= 4 is 23.3 Å². The minimum atomic E-state index is -0.462. The number of piperidine rings is 2. The Morgan fingerprint density at radius 2 is 1.55 bits per heavy atom. The molecule has 1 saturated carbocycles. The third-order valence-corrected chi connectivity index (χ3v) is 14.2. The van der Waals surface area contributed by atoms with E-state index in [0.717, 1.165) is 69.3 Å². The van der Waals surface area contributed by atoms with Crippen LogP contribution in [0.5, 0.6) is 5.75 Å². The summed E-state index contributed by atoms with van der Waals surface area (Å²) < 4.78 is 0. The monoisotopic (exact) mass is 748 g/mol. The number of piperazine rings is 1. The standard InChI is InChI=1S/C47H52N6O3/c1-31-7-17-42(45(55)48-31)53-30-41-40(46(53)56)16-18-43(49-41)52-25-23-51(24-26-52)36-28-47(29-36)19-21-50(22-20-47)35-11-8-33(9-12-35)44-38(32-5-3-2-4-6-32)14-10-34-27-37(54)13-15-39(34)44/h2-6,8-9,11-13,15-16,18,27,36,38,42,44,54H,1,7,10,14,17,19-26,28-30H2,(H,48,55)/t38-,42?,44+/m1/s1. The van der Waals surface area contributed by atoms with E-state index in [1.165, 1.54) is 53.6 Å². The zero-order valence-corrected chi connectivity index (χ0v) is 32.2. The quantitative estimate of drug-likeness (QED) is 0.220. The van der Waals surface area contributed by atoms with E-state index >= 15 is 0 Å². The summed E-state index contributed by atoms with van der Waals surface area (Å²) in [4.78, 5) is 40.1. The molecule has 3 aromatic carbocycles. The maximum absolute atomic E-state index is 13.2. The van der Waals surface area contributed by atoms with Crippen LogP contribution in [-0.4, -0.2) is 83.1 Å². The maximum atomic E-state index is 13.2. The van der Waals surface area contributed by atoms with Gasteiger partial charge in [-0.15, -0.1) is 0 Å². The molecule has 10 rings (SSSR count). The molecule has 0 bridgehead atoms. The molecule has 56 heavy (non-hydrogen) atoms. The topological polar surface area (TPSA) is 92.3 Å². The van der Waals surface area contributed by atoms with Gasteiger partial charge < -0.3 is 25.1 Å². The Morgan fingerprint density at radius 3 is 2.30 bits per heavy atom. The van der Waals surface area contributed by atoms with Gasteiger partial charge in [-0.1, -0.05) is 55.1 Å². The highest BCUT2D eigenvalue weighted by atomic mass is 16.3. The third kappa shape index (κ3) is 6.34. The molecule has 3 atom stereocenters. The van der Waals surface area contributed by atoms with Crippen LogP contribution in [0.3, 0.4) is 0 Å². The third-order valence-electron chi connectivity index (χ3n) is 14.2. The summed E-state index contributed by atoms with van der Waals surface area (Å²) in [5.41, 5.74) is 9.30. The van der Waals surface area contributed by atoms with Gasteiger partial charge in [0, 0.05) is 62.6 Å². The lowest BCUT2D eigenvalue weighted by molar-refractivity contribution is -0.126. The predicted octanol–water partition coefficient (Wildman–Crippen LogP) is 6.97. The second kappa shape index (κ2) is 14.1. The van der Waals surface area contributed by atoms with Crippen molar-refractivity contribution in [1.29, 1.82) is 0 Å². The number of fused-ring (bicyclic) bond motifs is 2. The van der Waals surface area contributed by atoms with Crippen LogP contribution in [0.2, 0.25) is 0 Å². The van der Waals surface area contributed by atoms with Crippen LogP contribution in [0, 0.1) is 5.41 Å². The SMILES string of the molecule is C=C1CCC(N2Cc3nc(N4CCN(C5CC6(CCN(c7ccc([C@@H]8c9ccc(O)cc9CC[C@@H]8c8ccccc8)cc7)CC6)C5)CC4)ccc3C2=O)C(=O)N1. The number of phenolic OH excluding ortho intramolecular Hbond substituents is 1. The lowest BCUT2D eigenvalue weighted by Gasteiger charge is -2.56. The summed E-state index contributed by atoms with van der Waals surface area (Å²) in [7, 11) is 0. The summed E-state index contributed by atoms with van der Waals surface area (Å²) >= 11 is 0. The Labute approximate surface area is 330 Å². The second-order valence-corrected chi connectivity index (χ2v) is 17.3. The summed E-state index contributed by atoms with van der Waals surface area (Å²) in [6.45, 7) is 10.4. The van der Waals surface area contributed by atoms with E-state index in [0.29, 0.717) is 48.1 Å². The minimum Gasteiger partial charge on any atom is -0.508 e. The first kappa shape index (κ1) is 35.3. The molecule has 6 aliphatic rings. The van der Waals surface area contributed by atoms with E-state index in [4.69, 9.17) is 4.98 Å². The lowest BCUT2D eigenvalue weighted by Crippen LogP contribution is -2.59. The molecule has 4 aliphatic heterocycles. The molecular formula is C47H52N6O3. The second-order valence-electron chi connectivity index (χ2n) is 17.3. The van der Waals surface area contributed by atoms with Crippen LogP contribution >= 0.6 is 0 Å². The molecule has 0 radical (unpaired) electrons. The molecular weight excluding hydrogens is 697 g/mol. The Balaban J connectivity index is 0.728. The maximum Gasteiger partial charge on any atom is 0.256 e. The molecule has 2 amide bonds. The van der Waals surface area contributed by atoms with Crippen molar-refractivity contribution in [2.75, 3.05) is 49.1 Å². The average Bonchev–Trinajstić information content (AvgIpc) is 3.54. The van der Waals surface area contributed by atoms with Crippen LogP contribution in [0.1, 0.15) is 95.1 Å². The number of phenols is 1. The van der Waals surface area contributed by atoms with E-state index in [9.17, 15) is 14.7 Å². The largest absolute Gasteiger partial charge is 0.508 e. The van der Waals surface area contributed by atoms with Crippen molar-refractivity contribution < 1.29 is 14.7 Å². The first-order valence-corrected chi connectivity index (χ1v) is 20.8. The number of amides is 2. The number of aryl methyl sites for hydroxylation is 1. The molecule has 4 aromatic rings. The number of hydrogen-bond donors (Lipinski definition) is 2. The fourth-order valence-corrected chi connectivity index (χ4v) is 11.0. The van der Waals surface area contributed by atoms with Crippen LogP contribution in [-0.2, 0) is 17.8 Å². The Morgan fingerprint density at radius 1 is 0.786 bits per heavy atom. The Bertz CT molecular complexity index is 2150. The number of pyridine rings is 1. The van der Waals surface area contributed by atoms with E-state index in [1.807, 2.05) is 24.3 Å². The van der Waals surface area contributed by atoms with Gasteiger partial charge in [0.15, 0.2) is 0 Å². The molecule has 2 aliphatic carbocycles. The van der Waals surface area contributed by atoms with Gasteiger partial charge in [0.25, 0.3) is 5.91 Å². The van der Waals surface area contributed by atoms with Gasteiger partial charge >= 0.3 is 0 Å². The van der Waals surface area contributed by atoms with Gasteiger partial charge in [-0.2, -0.15) is 0 Å². The minimum absolute atomic E-state index is 0.0966. The molecule has 5 heterocycles. The van der Waals surface area contributed by atoms with Crippen molar-refractivity contribution in [3.05, 3.63) is 131 Å². The predicted molar refractivity (Wildman–Crippen MR) is 219 cm³/mol. The van der Waals surface area contributed by atoms with Crippen molar-refractivity contribution in [2.24, 2.45) is 5.41 Å². The number of aromatic nitrogens is 1. The van der Waals surface area contributed by atoms with Crippen molar-refractivity contribution in [3.8, 4) is 5.75 Å². The highest BCUT2D eigenvalue weighted by molar-refractivity contribution is 6.01. The number of allylic oxidation sites excluding steroid dienone is 1. The zero-order chi connectivity index (χ0) is 38.0. The number of hydrogen-bond acceptors (Lipinski definition) is 7. The number of carbonyl (C=O) groups is 2. The van der Waals surface area contributed by atoms with Crippen LogP contribution in [0.15, 0.2) is 97.2 Å². The number of nitrogens with one attached hydrogen (secondary N) is 1. The molecule has 1 spiro atoms. The van der Waals surface area contributed by atoms with Crippen molar-refractivity contribution in [1.82, 2.24) is 20.1 Å². The smallest absolute Gasteiger partial charge is 0.256 e. The fraction of sp³-hybridized carbons (Fsp3) is 0.426. The molecule has 1 unspecified atom stereocenters. The first-order valence-electron chi connectivity index (χ1n) is 20.8. The van der Waals surface area contributed by atoms with Crippen LogP contribution in [0.4, 0.5) is 11.5 Å². The summed E-state index contributed by atoms with van der Waals surface area (Å²) in [5.74, 6) is 1.74. The van der Waals surface area contributed by atoms with E-state index in [2.05, 4.69) is 87.3 Å². The molecule has 4 fully saturated rings. The number of aromatic hydroxyl groups is 1. The fourth-order valence-electron chi connectivity index (χ4n) is 11.0. The van der Waals surface area contributed by atoms with Gasteiger partial charge in [-0.3, -0.25) is 14.5 Å². The molecule has 9 heteroatoms. The summed E-state index contributed by atoms with van der Waals surface area (Å²) in [6.07, 6.45) is 8.48. The number of rotatable bonds is 6. The number of carbonyl (C=O) groups excluding carboxylic acids is 2. The first-order chi connectivity index (χ1) is 27.3.